The van der Waals surface area contributed by atoms with Gasteiger partial charge in [-0.25, -0.2) is 9.97 Å². The quantitative estimate of drug-likeness (QED) is 0.520. The van der Waals surface area contributed by atoms with Gasteiger partial charge >= 0.3 is 6.18 Å². The number of nitrogens with one attached hydrogen (secondary N) is 1. The lowest BCUT2D eigenvalue weighted by atomic mass is 9.53. The van der Waals surface area contributed by atoms with Crippen molar-refractivity contribution in [2.24, 2.45) is 11.1 Å². The predicted molar refractivity (Wildman–Crippen MR) is 111 cm³/mol. The molecule has 12 heteroatoms. The van der Waals surface area contributed by atoms with Crippen LogP contribution < -0.4 is 15.8 Å². The summed E-state index contributed by atoms with van der Waals surface area (Å²) in [6.45, 7) is 0. The fraction of sp³-hybridized carbons (Fsp3) is 0.364. The summed E-state index contributed by atoms with van der Waals surface area (Å²) in [7, 11) is 0. The highest BCUT2D eigenvalue weighted by molar-refractivity contribution is 5.99. The minimum Gasteiger partial charge on any atom is -0.506 e. The number of primary amides is 1. The number of imidazole rings is 1. The third-order valence-electron chi connectivity index (χ3n) is 6.42. The molecule has 5 rings (SSSR count). The minimum absolute atomic E-state index is 0.0243. The molecule has 178 valence electrons. The van der Waals surface area contributed by atoms with Crippen molar-refractivity contribution in [2.75, 3.05) is 0 Å². The van der Waals surface area contributed by atoms with Crippen LogP contribution in [0.3, 0.4) is 0 Å². The lowest BCUT2D eigenvalue weighted by molar-refractivity contribution is -0.145. The van der Waals surface area contributed by atoms with Crippen LogP contribution in [-0.4, -0.2) is 43.4 Å². The van der Waals surface area contributed by atoms with Gasteiger partial charge in [0.1, 0.15) is 17.4 Å². The first kappa shape index (κ1) is 22.0. The van der Waals surface area contributed by atoms with E-state index in [-0.39, 0.29) is 46.0 Å². The highest BCUT2D eigenvalue weighted by Gasteiger charge is 2.54. The molecule has 4 N–H and O–H groups in total. The monoisotopic (exact) mass is 475 g/mol. The highest BCUT2D eigenvalue weighted by Crippen LogP contribution is 2.56. The first-order valence-corrected chi connectivity index (χ1v) is 10.6. The molecule has 0 unspecified atom stereocenters. The number of halogens is 3. The summed E-state index contributed by atoms with van der Waals surface area (Å²) in [5.74, 6) is -2.79. The Morgan fingerprint density at radius 1 is 1.21 bits per heavy atom. The topological polar surface area (TPSA) is 132 Å². The molecular weight excluding hydrogens is 455 g/mol. The van der Waals surface area contributed by atoms with Crippen molar-refractivity contribution < 1.29 is 32.6 Å². The third-order valence-corrected chi connectivity index (χ3v) is 6.42. The molecule has 0 aliphatic heterocycles. The van der Waals surface area contributed by atoms with Gasteiger partial charge in [0.15, 0.2) is 5.69 Å². The molecule has 3 heterocycles. The van der Waals surface area contributed by atoms with Crippen molar-refractivity contribution >= 4 is 17.3 Å². The van der Waals surface area contributed by atoms with E-state index in [1.54, 1.807) is 12.1 Å². The Hall–Kier alpha value is -3.83. The normalized spacial score (nSPS) is 23.9. The molecule has 0 bridgehead atoms. The number of carbonyl (C=O) groups excluding carboxylic acids is 2. The first-order valence-electron chi connectivity index (χ1n) is 10.6. The van der Waals surface area contributed by atoms with Gasteiger partial charge in [0.05, 0.1) is 11.7 Å². The Labute approximate surface area is 190 Å². The Kier molecular flexibility index (Phi) is 4.92. The standard InChI is InChI=1S/C22H20F3N5O4/c23-22(24,25)20-29-16(15-4-3-12(31)10-30(15)20)18(33)28-11-6-21(7-11)8-13(9-21)34-19-14(17(26)32)2-1-5-27-19/h1-5,10-11,13,31H,6-9H2,(H2,26,32)(H,28,33). The van der Waals surface area contributed by atoms with Gasteiger partial charge in [-0.15, -0.1) is 0 Å². The van der Waals surface area contributed by atoms with Gasteiger partial charge in [-0.2, -0.15) is 13.2 Å². The summed E-state index contributed by atoms with van der Waals surface area (Å²) in [5.41, 5.74) is 5.13. The first-order chi connectivity index (χ1) is 16.0. The van der Waals surface area contributed by atoms with E-state index >= 15 is 0 Å². The average Bonchev–Trinajstić information content (AvgIpc) is 3.10. The lowest BCUT2D eigenvalue weighted by Gasteiger charge is -2.57. The SMILES string of the molecule is NC(=O)c1cccnc1OC1CC2(CC(NC(=O)c3nc(C(F)(F)F)n4cc(O)ccc34)C2)C1. The van der Waals surface area contributed by atoms with Gasteiger partial charge in [-0.05, 0) is 55.4 Å². The molecule has 9 nitrogen and oxygen atoms in total. The van der Waals surface area contributed by atoms with E-state index in [9.17, 15) is 27.9 Å². The molecule has 2 fully saturated rings. The molecule has 2 saturated carbocycles. The van der Waals surface area contributed by atoms with Crippen molar-refractivity contribution in [3.63, 3.8) is 0 Å². The molecular formula is C22H20F3N5O4. The minimum atomic E-state index is -4.79. The summed E-state index contributed by atoms with van der Waals surface area (Å²) >= 11 is 0. The van der Waals surface area contributed by atoms with Crippen LogP contribution in [0, 0.1) is 5.41 Å². The van der Waals surface area contributed by atoms with E-state index < -0.39 is 23.8 Å². The van der Waals surface area contributed by atoms with Crippen LogP contribution in [0.15, 0.2) is 36.7 Å². The van der Waals surface area contributed by atoms with E-state index in [0.29, 0.717) is 30.1 Å². The van der Waals surface area contributed by atoms with Crippen LogP contribution in [0.1, 0.15) is 52.4 Å². The molecule has 0 radical (unpaired) electrons. The third kappa shape index (κ3) is 3.78. The molecule has 1 spiro atoms. The van der Waals surface area contributed by atoms with Crippen molar-refractivity contribution in [3.05, 3.63) is 53.7 Å². The molecule has 2 aliphatic carbocycles. The summed E-state index contributed by atoms with van der Waals surface area (Å²) < 4.78 is 46.5. The van der Waals surface area contributed by atoms with E-state index in [0.717, 1.165) is 6.20 Å². The number of aromatic nitrogens is 3. The second kappa shape index (κ2) is 7.61. The zero-order chi connectivity index (χ0) is 24.3. The van der Waals surface area contributed by atoms with E-state index in [4.69, 9.17) is 10.5 Å². The van der Waals surface area contributed by atoms with Crippen LogP contribution in [-0.2, 0) is 6.18 Å². The van der Waals surface area contributed by atoms with Crippen LogP contribution in [0.25, 0.3) is 5.52 Å². The number of alkyl halides is 3. The van der Waals surface area contributed by atoms with Gasteiger partial charge < -0.3 is 20.9 Å². The number of ether oxygens (including phenoxy) is 1. The number of nitrogens with two attached hydrogens (primary N) is 1. The zero-order valence-electron chi connectivity index (χ0n) is 17.7. The number of nitrogens with zero attached hydrogens (tertiary/aromatic N) is 3. The van der Waals surface area contributed by atoms with Crippen molar-refractivity contribution in [1.29, 1.82) is 0 Å². The molecule has 34 heavy (non-hydrogen) atoms. The van der Waals surface area contributed by atoms with Crippen LogP contribution in [0.2, 0.25) is 0 Å². The number of hydrogen-bond donors (Lipinski definition) is 3. The largest absolute Gasteiger partial charge is 0.506 e. The van der Waals surface area contributed by atoms with Gasteiger partial charge in [-0.1, -0.05) is 0 Å². The fourth-order valence-corrected chi connectivity index (χ4v) is 4.94. The Bertz CT molecular complexity index is 1290. The van der Waals surface area contributed by atoms with E-state index in [1.165, 1.54) is 18.3 Å². The molecule has 2 aliphatic rings. The smallest absolute Gasteiger partial charge is 0.450 e. The van der Waals surface area contributed by atoms with Gasteiger partial charge in [0.2, 0.25) is 11.7 Å². The van der Waals surface area contributed by atoms with Crippen molar-refractivity contribution in [1.82, 2.24) is 19.7 Å². The average molecular weight is 475 g/mol. The second-order valence-corrected chi connectivity index (χ2v) is 8.87. The molecule has 3 aromatic rings. The number of pyridine rings is 2. The summed E-state index contributed by atoms with van der Waals surface area (Å²) in [4.78, 5) is 31.8. The fourth-order valence-electron chi connectivity index (χ4n) is 4.94. The number of fused-ring (bicyclic) bond motifs is 1. The van der Waals surface area contributed by atoms with Crippen molar-refractivity contribution in [2.45, 2.75) is 44.0 Å². The van der Waals surface area contributed by atoms with Gasteiger partial charge in [0.25, 0.3) is 11.8 Å². The molecule has 0 atom stereocenters. The van der Waals surface area contributed by atoms with E-state index in [2.05, 4.69) is 15.3 Å². The number of aromatic hydroxyl groups is 1. The summed E-state index contributed by atoms with van der Waals surface area (Å²) in [6.07, 6.45) is 0.182. The molecule has 3 aromatic heterocycles. The number of carbonyl (C=O) groups is 2. The predicted octanol–water partition coefficient (Wildman–Crippen LogP) is 2.67. The van der Waals surface area contributed by atoms with Crippen LogP contribution in [0.5, 0.6) is 11.6 Å². The Morgan fingerprint density at radius 2 is 1.94 bits per heavy atom. The highest BCUT2D eigenvalue weighted by atomic mass is 19.4. The summed E-state index contributed by atoms with van der Waals surface area (Å²) in [5, 5.41) is 12.3. The molecule has 0 saturated heterocycles. The lowest BCUT2D eigenvalue weighted by Crippen LogP contribution is -2.58. The van der Waals surface area contributed by atoms with Crippen molar-refractivity contribution in [3.8, 4) is 11.6 Å². The Morgan fingerprint density at radius 3 is 2.62 bits per heavy atom. The maximum absolute atomic E-state index is 13.3. The van der Waals surface area contributed by atoms with Crippen LogP contribution >= 0.6 is 0 Å². The maximum Gasteiger partial charge on any atom is 0.450 e. The maximum atomic E-state index is 13.3. The summed E-state index contributed by atoms with van der Waals surface area (Å²) in [6, 6.07) is 5.36. The molecule has 0 aromatic carbocycles. The van der Waals surface area contributed by atoms with Gasteiger partial charge in [0, 0.05) is 12.2 Å². The van der Waals surface area contributed by atoms with E-state index in [1.807, 2.05) is 0 Å². The number of hydrogen-bond acceptors (Lipinski definition) is 6. The zero-order valence-corrected chi connectivity index (χ0v) is 17.7. The molecule has 2 amide bonds. The Balaban J connectivity index is 1.21. The van der Waals surface area contributed by atoms with Gasteiger partial charge in [-0.3, -0.25) is 14.0 Å². The number of amides is 2. The second-order valence-electron chi connectivity index (χ2n) is 8.87. The number of rotatable bonds is 5. The van der Waals surface area contributed by atoms with Crippen LogP contribution in [0.4, 0.5) is 13.2 Å².